The number of likely N-dealkylation sites (tertiary alicyclic amines) is 1. The minimum atomic E-state index is -1.42. The number of hydrogen-bond donors (Lipinski definition) is 0. The summed E-state index contributed by atoms with van der Waals surface area (Å²) >= 11 is 6.05. The average molecular weight is 483 g/mol. The second-order valence-corrected chi connectivity index (χ2v) is 10.2. The van der Waals surface area contributed by atoms with Gasteiger partial charge in [-0.1, -0.05) is 29.8 Å². The molecule has 4 amide bonds. The number of benzene rings is 1. The first-order valence-electron chi connectivity index (χ1n) is 11.5. The molecule has 0 saturated carbocycles. The van der Waals surface area contributed by atoms with Crippen molar-refractivity contribution in [2.45, 2.75) is 25.3 Å². The average Bonchev–Trinajstić information content (AvgIpc) is 2.82. The summed E-state index contributed by atoms with van der Waals surface area (Å²) in [6, 6.07) is 11.9. The Morgan fingerprint density at radius 3 is 2.26 bits per heavy atom. The van der Waals surface area contributed by atoms with Gasteiger partial charge >= 0.3 is 6.03 Å². The third-order valence-electron chi connectivity index (χ3n) is 7.47. The number of fused-ring (bicyclic) bond motifs is 4. The summed E-state index contributed by atoms with van der Waals surface area (Å²) in [6.07, 6.45) is 1.15. The van der Waals surface area contributed by atoms with Crippen molar-refractivity contribution in [2.24, 2.45) is 11.3 Å². The number of carbonyl (C=O) groups excluding carboxylic acids is 3. The van der Waals surface area contributed by atoms with E-state index in [0.717, 1.165) is 27.5 Å². The number of amides is 4. The first-order chi connectivity index (χ1) is 16.2. The third-order valence-corrected chi connectivity index (χ3v) is 7.72. The number of imide groups is 2. The molecule has 3 aliphatic heterocycles. The Balaban J connectivity index is 1.50. The van der Waals surface area contributed by atoms with Crippen LogP contribution in [0.25, 0.3) is 0 Å². The van der Waals surface area contributed by atoms with Crippen molar-refractivity contribution >= 4 is 29.4 Å². The van der Waals surface area contributed by atoms with Crippen molar-refractivity contribution in [3.05, 3.63) is 69.1 Å². The van der Waals surface area contributed by atoms with Gasteiger partial charge in [0, 0.05) is 63.0 Å². The van der Waals surface area contributed by atoms with E-state index < -0.39 is 23.3 Å². The van der Waals surface area contributed by atoms with E-state index in [1.807, 2.05) is 22.8 Å². The van der Waals surface area contributed by atoms with E-state index in [2.05, 4.69) is 4.90 Å². The van der Waals surface area contributed by atoms with Gasteiger partial charge in [0.15, 0.2) is 0 Å². The Morgan fingerprint density at radius 1 is 0.912 bits per heavy atom. The standard InChI is InChI=1S/C25H27ClN4O4/c1-27-22(32)25(23(33)28(2)24(27)34,11-16-6-8-19(26)9-7-16)15-29-12-17-10-18(14-29)20-4-3-5-21(31)30(20)13-17/h3-9,17-18H,10-15H2,1-2H3. The van der Waals surface area contributed by atoms with Crippen LogP contribution in [0.5, 0.6) is 0 Å². The number of rotatable bonds is 4. The van der Waals surface area contributed by atoms with E-state index in [0.29, 0.717) is 24.7 Å². The zero-order chi connectivity index (χ0) is 24.2. The lowest BCUT2D eigenvalue weighted by Gasteiger charge is -2.48. The molecule has 0 aliphatic carbocycles. The lowest BCUT2D eigenvalue weighted by Crippen LogP contribution is -2.67. The van der Waals surface area contributed by atoms with E-state index in [9.17, 15) is 19.2 Å². The first kappa shape index (κ1) is 22.8. The minimum absolute atomic E-state index is 0.0132. The summed E-state index contributed by atoms with van der Waals surface area (Å²) in [4.78, 5) is 56.4. The maximum absolute atomic E-state index is 13.6. The van der Waals surface area contributed by atoms with Crippen LogP contribution in [0.4, 0.5) is 4.79 Å². The molecule has 2 unspecified atom stereocenters. The molecule has 2 aromatic rings. The fourth-order valence-corrected chi connectivity index (χ4v) is 6.06. The normalized spacial score (nSPS) is 24.4. The summed E-state index contributed by atoms with van der Waals surface area (Å²) in [6.45, 7) is 2.16. The molecule has 5 rings (SSSR count). The Bertz CT molecular complexity index is 1200. The highest BCUT2D eigenvalue weighted by Gasteiger charge is 2.56. The van der Waals surface area contributed by atoms with Crippen molar-refractivity contribution in [1.29, 1.82) is 0 Å². The van der Waals surface area contributed by atoms with E-state index in [4.69, 9.17) is 11.6 Å². The number of barbiturate groups is 1. The van der Waals surface area contributed by atoms with Crippen LogP contribution in [0, 0.1) is 11.3 Å². The van der Waals surface area contributed by atoms with Gasteiger partial charge < -0.3 is 9.47 Å². The van der Waals surface area contributed by atoms with Crippen molar-refractivity contribution in [3.63, 3.8) is 0 Å². The van der Waals surface area contributed by atoms with Crippen LogP contribution in [0.3, 0.4) is 0 Å². The highest BCUT2D eigenvalue weighted by Crippen LogP contribution is 2.39. The predicted molar refractivity (Wildman–Crippen MR) is 127 cm³/mol. The monoisotopic (exact) mass is 482 g/mol. The van der Waals surface area contributed by atoms with Crippen LogP contribution >= 0.6 is 11.6 Å². The van der Waals surface area contributed by atoms with E-state index in [1.165, 1.54) is 14.1 Å². The maximum atomic E-state index is 13.6. The van der Waals surface area contributed by atoms with Gasteiger partial charge in [-0.3, -0.25) is 24.2 Å². The van der Waals surface area contributed by atoms with E-state index >= 15 is 0 Å². The Morgan fingerprint density at radius 2 is 1.59 bits per heavy atom. The molecule has 2 bridgehead atoms. The van der Waals surface area contributed by atoms with Gasteiger partial charge in [-0.2, -0.15) is 0 Å². The number of halogens is 1. The molecule has 0 radical (unpaired) electrons. The molecule has 1 aromatic heterocycles. The molecule has 34 heavy (non-hydrogen) atoms. The summed E-state index contributed by atoms with van der Waals surface area (Å²) in [5, 5.41) is 0.571. The van der Waals surface area contributed by atoms with Crippen molar-refractivity contribution in [1.82, 2.24) is 19.3 Å². The molecule has 9 heteroatoms. The molecule has 2 saturated heterocycles. The van der Waals surface area contributed by atoms with E-state index in [1.54, 1.807) is 24.3 Å². The van der Waals surface area contributed by atoms with Gasteiger partial charge in [-0.05, 0) is 42.5 Å². The Kier molecular flexibility index (Phi) is 5.61. The SMILES string of the molecule is CN1C(=O)N(C)C(=O)C(Cc2ccc(Cl)cc2)(CN2CC3CC(C2)c2cccc(=O)n2C3)C1=O. The summed E-state index contributed by atoms with van der Waals surface area (Å²) in [5.74, 6) is -0.560. The number of nitrogens with zero attached hydrogens (tertiary/aromatic N) is 4. The number of hydrogen-bond acceptors (Lipinski definition) is 5. The number of piperidine rings is 1. The third kappa shape index (κ3) is 3.65. The second kappa shape index (κ2) is 8.36. The van der Waals surface area contributed by atoms with Crippen LogP contribution in [0.1, 0.15) is 23.6 Å². The first-order valence-corrected chi connectivity index (χ1v) is 11.8. The molecule has 0 N–H and O–H groups in total. The molecule has 2 atom stereocenters. The highest BCUT2D eigenvalue weighted by atomic mass is 35.5. The Hall–Kier alpha value is -2.97. The van der Waals surface area contributed by atoms with Gasteiger partial charge in [-0.15, -0.1) is 0 Å². The van der Waals surface area contributed by atoms with Crippen LogP contribution in [-0.4, -0.2) is 70.8 Å². The maximum Gasteiger partial charge on any atom is 0.332 e. The fourth-order valence-electron chi connectivity index (χ4n) is 5.93. The van der Waals surface area contributed by atoms with Crippen molar-refractivity contribution < 1.29 is 14.4 Å². The van der Waals surface area contributed by atoms with E-state index in [-0.39, 0.29) is 30.4 Å². The van der Waals surface area contributed by atoms with Crippen molar-refractivity contribution in [2.75, 3.05) is 33.7 Å². The topological polar surface area (TPSA) is 82.9 Å². The molecular weight excluding hydrogens is 456 g/mol. The number of urea groups is 1. The van der Waals surface area contributed by atoms with Gasteiger partial charge in [0.25, 0.3) is 5.56 Å². The molecule has 178 valence electrons. The van der Waals surface area contributed by atoms with Gasteiger partial charge in [-0.25, -0.2) is 4.79 Å². The summed E-state index contributed by atoms with van der Waals surface area (Å²) < 4.78 is 1.86. The zero-order valence-corrected chi connectivity index (χ0v) is 20.0. The predicted octanol–water partition coefficient (Wildman–Crippen LogP) is 2.20. The zero-order valence-electron chi connectivity index (χ0n) is 19.2. The van der Waals surface area contributed by atoms with Gasteiger partial charge in [0.05, 0.1) is 0 Å². The summed E-state index contributed by atoms with van der Waals surface area (Å²) in [7, 11) is 2.86. The molecule has 1 aromatic carbocycles. The molecule has 4 heterocycles. The van der Waals surface area contributed by atoms with Gasteiger partial charge in [0.2, 0.25) is 11.8 Å². The second-order valence-electron chi connectivity index (χ2n) is 9.79. The molecule has 2 fully saturated rings. The lowest BCUT2D eigenvalue weighted by atomic mass is 9.75. The smallest absolute Gasteiger partial charge is 0.312 e. The number of pyridine rings is 1. The molecular formula is C25H27ClN4O4. The Labute approximate surface area is 202 Å². The summed E-state index contributed by atoms with van der Waals surface area (Å²) in [5.41, 5.74) is 0.397. The molecule has 0 spiro atoms. The van der Waals surface area contributed by atoms with Crippen LogP contribution in [0.15, 0.2) is 47.3 Å². The van der Waals surface area contributed by atoms with Crippen molar-refractivity contribution in [3.8, 4) is 0 Å². The fraction of sp³-hybridized carbons (Fsp3) is 0.440. The quantitative estimate of drug-likeness (QED) is 0.624. The van der Waals surface area contributed by atoms with Crippen LogP contribution in [0.2, 0.25) is 5.02 Å². The lowest BCUT2D eigenvalue weighted by molar-refractivity contribution is -0.159. The minimum Gasteiger partial charge on any atom is -0.312 e. The highest BCUT2D eigenvalue weighted by molar-refractivity contribution is 6.30. The van der Waals surface area contributed by atoms with Crippen LogP contribution < -0.4 is 5.56 Å². The molecule has 3 aliphatic rings. The number of carbonyl (C=O) groups is 3. The van der Waals surface area contributed by atoms with Crippen LogP contribution in [-0.2, 0) is 22.6 Å². The molecule has 8 nitrogen and oxygen atoms in total. The largest absolute Gasteiger partial charge is 0.332 e. The number of aromatic nitrogens is 1. The van der Waals surface area contributed by atoms with Gasteiger partial charge in [0.1, 0.15) is 5.41 Å².